The standard InChI is InChI=1S/C19H23N2.Y/c1-16-7-5-6-10-18(16)15-19(17-8-3-2-4-9-17)21-13-11-20-12-14-21;/h2-9,19-20H,11-15H2,1H3;/q-1;. The molecule has 1 heterocycles. The average Bonchev–Trinajstić information content (AvgIpc) is 2.56. The second-order valence-electron chi connectivity index (χ2n) is 5.75. The number of aryl methyl sites for hydroxylation is 1. The number of hydrogen-bond donors (Lipinski definition) is 1. The van der Waals surface area contributed by atoms with E-state index in [4.69, 9.17) is 0 Å². The molecule has 1 saturated heterocycles. The first-order valence-electron chi connectivity index (χ1n) is 7.80. The van der Waals surface area contributed by atoms with E-state index in [0.717, 1.165) is 32.6 Å². The van der Waals surface area contributed by atoms with Gasteiger partial charge in [-0.15, -0.1) is 0 Å². The molecule has 1 unspecified atom stereocenters. The van der Waals surface area contributed by atoms with Gasteiger partial charge in [-0.1, -0.05) is 37.3 Å². The molecule has 1 fully saturated rings. The summed E-state index contributed by atoms with van der Waals surface area (Å²) in [5.74, 6) is 0. The molecular weight excluding hydrogens is 345 g/mol. The van der Waals surface area contributed by atoms with Crippen molar-refractivity contribution in [2.45, 2.75) is 19.4 Å². The average molecular weight is 368 g/mol. The Morgan fingerprint density at radius 1 is 1.09 bits per heavy atom. The van der Waals surface area contributed by atoms with Crippen LogP contribution in [0.3, 0.4) is 0 Å². The predicted molar refractivity (Wildman–Crippen MR) is 87.3 cm³/mol. The van der Waals surface area contributed by atoms with Crippen LogP contribution in [0.25, 0.3) is 0 Å². The van der Waals surface area contributed by atoms with Crippen LogP contribution < -0.4 is 5.32 Å². The molecule has 3 rings (SSSR count). The molecule has 1 aliphatic heterocycles. The van der Waals surface area contributed by atoms with E-state index in [1.54, 1.807) is 0 Å². The molecule has 3 heteroatoms. The van der Waals surface area contributed by atoms with E-state index in [2.05, 4.69) is 65.7 Å². The summed E-state index contributed by atoms with van der Waals surface area (Å²) in [7, 11) is 0. The molecule has 0 spiro atoms. The van der Waals surface area contributed by atoms with Crippen LogP contribution in [0, 0.1) is 13.0 Å². The molecule has 1 radical (unpaired) electrons. The summed E-state index contributed by atoms with van der Waals surface area (Å²) in [6, 6.07) is 21.1. The van der Waals surface area contributed by atoms with E-state index in [1.165, 1.54) is 16.7 Å². The van der Waals surface area contributed by atoms with Gasteiger partial charge in [0.15, 0.2) is 0 Å². The number of nitrogens with one attached hydrogen (secondary N) is 1. The molecule has 1 atom stereocenters. The van der Waals surface area contributed by atoms with Crippen molar-refractivity contribution in [3.8, 4) is 0 Å². The predicted octanol–water partition coefficient (Wildman–Crippen LogP) is 2.98. The minimum atomic E-state index is 0. The molecule has 2 nitrogen and oxygen atoms in total. The molecular formula is C19H23N2Y-. The second-order valence-corrected chi connectivity index (χ2v) is 5.75. The number of nitrogens with zero attached hydrogens (tertiary/aromatic N) is 1. The molecule has 0 bridgehead atoms. The molecule has 0 aliphatic carbocycles. The van der Waals surface area contributed by atoms with Crippen molar-refractivity contribution < 1.29 is 32.7 Å². The quantitative estimate of drug-likeness (QED) is 0.835. The summed E-state index contributed by atoms with van der Waals surface area (Å²) in [5, 5.41) is 3.45. The minimum absolute atomic E-state index is 0. The van der Waals surface area contributed by atoms with Gasteiger partial charge in [0.05, 0.1) is 0 Å². The van der Waals surface area contributed by atoms with Crippen LogP contribution in [0.5, 0.6) is 0 Å². The Bertz CT molecular complexity index is 565. The molecule has 0 saturated carbocycles. The summed E-state index contributed by atoms with van der Waals surface area (Å²) in [6.45, 7) is 6.59. The van der Waals surface area contributed by atoms with Crippen LogP contribution in [0.2, 0.25) is 0 Å². The zero-order chi connectivity index (χ0) is 14.5. The summed E-state index contributed by atoms with van der Waals surface area (Å²) < 4.78 is 0. The number of piperazine rings is 1. The van der Waals surface area contributed by atoms with E-state index in [-0.39, 0.29) is 32.7 Å². The fourth-order valence-corrected chi connectivity index (χ4v) is 3.10. The second kappa shape index (κ2) is 8.93. The van der Waals surface area contributed by atoms with Crippen molar-refractivity contribution in [2.75, 3.05) is 26.2 Å². The van der Waals surface area contributed by atoms with Gasteiger partial charge in [-0.05, 0) is 12.0 Å². The maximum Gasteiger partial charge on any atom is 0.0369 e. The third-order valence-electron chi connectivity index (χ3n) is 4.35. The van der Waals surface area contributed by atoms with Crippen LogP contribution in [0.15, 0.2) is 48.5 Å². The van der Waals surface area contributed by atoms with Crippen LogP contribution in [0.1, 0.15) is 22.7 Å². The van der Waals surface area contributed by atoms with Crippen molar-refractivity contribution in [1.82, 2.24) is 10.2 Å². The normalized spacial score (nSPS) is 16.8. The van der Waals surface area contributed by atoms with Crippen molar-refractivity contribution in [2.24, 2.45) is 0 Å². The summed E-state index contributed by atoms with van der Waals surface area (Å²) in [6.07, 6.45) is 1.04. The number of rotatable bonds is 4. The molecule has 2 aromatic rings. The van der Waals surface area contributed by atoms with Crippen LogP contribution >= 0.6 is 0 Å². The molecule has 1 N–H and O–H groups in total. The Labute approximate surface area is 159 Å². The van der Waals surface area contributed by atoms with Gasteiger partial charge in [0.25, 0.3) is 0 Å². The van der Waals surface area contributed by atoms with E-state index >= 15 is 0 Å². The van der Waals surface area contributed by atoms with Crippen LogP contribution in [0.4, 0.5) is 0 Å². The smallest absolute Gasteiger partial charge is 0.0369 e. The monoisotopic (exact) mass is 368 g/mol. The summed E-state index contributed by atoms with van der Waals surface area (Å²) in [5.41, 5.74) is 4.09. The van der Waals surface area contributed by atoms with Gasteiger partial charge < -0.3 is 5.32 Å². The SMILES string of the molecule is Cc1ccc[c-]c1CC(c1ccccc1)N1CCNCC1.[Y]. The largest absolute Gasteiger partial charge is 0.314 e. The van der Waals surface area contributed by atoms with E-state index < -0.39 is 0 Å². The van der Waals surface area contributed by atoms with Gasteiger partial charge in [0.2, 0.25) is 0 Å². The summed E-state index contributed by atoms with van der Waals surface area (Å²) >= 11 is 0. The van der Waals surface area contributed by atoms with E-state index in [0.29, 0.717) is 6.04 Å². The van der Waals surface area contributed by atoms with Gasteiger partial charge in [-0.25, -0.2) is 0 Å². The molecule has 113 valence electrons. The van der Waals surface area contributed by atoms with E-state index in [9.17, 15) is 0 Å². The first-order valence-corrected chi connectivity index (χ1v) is 7.80. The zero-order valence-electron chi connectivity index (χ0n) is 13.3. The van der Waals surface area contributed by atoms with Gasteiger partial charge in [0.1, 0.15) is 0 Å². The number of hydrogen-bond acceptors (Lipinski definition) is 2. The third-order valence-corrected chi connectivity index (χ3v) is 4.35. The fraction of sp³-hybridized carbons (Fsp3) is 0.368. The topological polar surface area (TPSA) is 15.3 Å². The number of benzene rings is 2. The van der Waals surface area contributed by atoms with Crippen LogP contribution in [-0.2, 0) is 39.1 Å². The van der Waals surface area contributed by atoms with Gasteiger partial charge in [-0.3, -0.25) is 4.90 Å². The first-order chi connectivity index (χ1) is 10.3. The fourth-order valence-electron chi connectivity index (χ4n) is 3.10. The van der Waals surface area contributed by atoms with Crippen molar-refractivity contribution in [3.05, 3.63) is 71.3 Å². The Kier molecular flexibility index (Phi) is 7.23. The van der Waals surface area contributed by atoms with Crippen LogP contribution in [-0.4, -0.2) is 31.1 Å². The van der Waals surface area contributed by atoms with Crippen molar-refractivity contribution in [3.63, 3.8) is 0 Å². The Balaban J connectivity index is 0.00000176. The van der Waals surface area contributed by atoms with Gasteiger partial charge in [0, 0.05) is 64.9 Å². The van der Waals surface area contributed by atoms with Crippen molar-refractivity contribution in [1.29, 1.82) is 0 Å². The molecule has 0 aromatic heterocycles. The Morgan fingerprint density at radius 2 is 1.82 bits per heavy atom. The molecule has 2 aromatic carbocycles. The maximum absolute atomic E-state index is 3.45. The molecule has 0 amide bonds. The minimum Gasteiger partial charge on any atom is -0.314 e. The zero-order valence-corrected chi connectivity index (χ0v) is 16.1. The molecule has 1 aliphatic rings. The van der Waals surface area contributed by atoms with E-state index in [1.807, 2.05) is 6.07 Å². The van der Waals surface area contributed by atoms with Gasteiger partial charge >= 0.3 is 0 Å². The summed E-state index contributed by atoms with van der Waals surface area (Å²) in [4.78, 5) is 2.60. The Hall–Kier alpha value is -0.536. The maximum atomic E-state index is 3.45. The van der Waals surface area contributed by atoms with Gasteiger partial charge in [-0.2, -0.15) is 35.4 Å². The first kappa shape index (κ1) is 17.8. The Morgan fingerprint density at radius 3 is 2.50 bits per heavy atom. The van der Waals surface area contributed by atoms with Crippen molar-refractivity contribution >= 4 is 0 Å². The molecule has 22 heavy (non-hydrogen) atoms. The third kappa shape index (κ3) is 4.49.